The average Bonchev–Trinajstić information content (AvgIpc) is 3.59. The minimum atomic E-state index is -0.220. The smallest absolute Gasteiger partial charge is 0.257 e. The number of furan rings is 1. The van der Waals surface area contributed by atoms with Gasteiger partial charge >= 0.3 is 0 Å². The predicted octanol–water partition coefficient (Wildman–Crippen LogP) is 4.86. The minimum Gasteiger partial charge on any atom is -0.497 e. The molecule has 2 aliphatic rings. The number of carbonyl (C=O) groups excluding carboxylic acids is 1. The third-order valence-electron chi connectivity index (χ3n) is 6.03. The number of hydrogen-bond donors (Lipinski definition) is 0. The van der Waals surface area contributed by atoms with Gasteiger partial charge in [-0.15, -0.1) is 11.3 Å². The lowest BCUT2D eigenvalue weighted by Crippen LogP contribution is -2.37. The number of rotatable bonds is 6. The third-order valence-corrected chi connectivity index (χ3v) is 7.01. The fraction of sp³-hybridized carbons (Fsp3) is 0.333. The van der Waals surface area contributed by atoms with Crippen molar-refractivity contribution >= 4 is 23.0 Å². The zero-order valence-electron chi connectivity index (χ0n) is 17.4. The molecule has 6 nitrogen and oxygen atoms in total. The molecule has 1 amide bonds. The summed E-state index contributed by atoms with van der Waals surface area (Å²) in [6.07, 6.45) is 4.48. The summed E-state index contributed by atoms with van der Waals surface area (Å²) in [5.74, 6) is 1.57. The number of nitrogens with zero attached hydrogens (tertiary/aromatic N) is 3. The minimum absolute atomic E-state index is 0.00775. The van der Waals surface area contributed by atoms with E-state index in [1.807, 2.05) is 36.4 Å². The molecule has 31 heavy (non-hydrogen) atoms. The molecule has 1 saturated heterocycles. The highest BCUT2D eigenvalue weighted by Gasteiger charge is 2.37. The highest BCUT2D eigenvalue weighted by Crippen LogP contribution is 2.36. The van der Waals surface area contributed by atoms with Crippen molar-refractivity contribution in [2.45, 2.75) is 31.3 Å². The Morgan fingerprint density at radius 3 is 2.77 bits per heavy atom. The largest absolute Gasteiger partial charge is 0.497 e. The molecule has 7 heteroatoms. The quantitative estimate of drug-likeness (QED) is 0.555. The summed E-state index contributed by atoms with van der Waals surface area (Å²) in [6, 6.07) is 15.9. The number of hydrazone groups is 1. The average molecular weight is 436 g/mol. The van der Waals surface area contributed by atoms with Crippen LogP contribution in [0, 0.1) is 0 Å². The molecule has 2 aliphatic heterocycles. The van der Waals surface area contributed by atoms with Crippen LogP contribution in [0.25, 0.3) is 0 Å². The summed E-state index contributed by atoms with van der Waals surface area (Å²) in [5, 5.41) is 8.49. The molecule has 0 saturated carbocycles. The number of hydrogen-bond acceptors (Lipinski definition) is 6. The zero-order valence-corrected chi connectivity index (χ0v) is 18.3. The molecule has 0 aliphatic carbocycles. The summed E-state index contributed by atoms with van der Waals surface area (Å²) in [7, 11) is 1.65. The van der Waals surface area contributed by atoms with Gasteiger partial charge in [-0.1, -0.05) is 6.07 Å². The van der Waals surface area contributed by atoms with E-state index in [2.05, 4.69) is 22.4 Å². The van der Waals surface area contributed by atoms with Gasteiger partial charge in [-0.05, 0) is 72.8 Å². The molecule has 2 aromatic heterocycles. The molecular formula is C24H25N3O3S. The van der Waals surface area contributed by atoms with Gasteiger partial charge in [0.1, 0.15) is 17.6 Å². The first kappa shape index (κ1) is 20.0. The van der Waals surface area contributed by atoms with Gasteiger partial charge < -0.3 is 9.15 Å². The summed E-state index contributed by atoms with van der Waals surface area (Å²) in [5.41, 5.74) is 1.87. The normalized spacial score (nSPS) is 21.5. The monoisotopic (exact) mass is 435 g/mol. The van der Waals surface area contributed by atoms with Gasteiger partial charge in [-0.25, -0.2) is 5.01 Å². The zero-order chi connectivity index (χ0) is 21.2. The molecule has 0 bridgehead atoms. The first-order valence-corrected chi connectivity index (χ1v) is 11.5. The molecule has 160 valence electrons. The molecule has 0 spiro atoms. The maximum absolute atomic E-state index is 13.4. The van der Waals surface area contributed by atoms with Gasteiger partial charge in [0, 0.05) is 17.3 Å². The van der Waals surface area contributed by atoms with Crippen molar-refractivity contribution in [1.29, 1.82) is 0 Å². The lowest BCUT2D eigenvalue weighted by molar-refractivity contribution is -0.134. The van der Waals surface area contributed by atoms with Crippen LogP contribution < -0.4 is 4.74 Å². The van der Waals surface area contributed by atoms with Crippen molar-refractivity contribution in [3.63, 3.8) is 0 Å². The van der Waals surface area contributed by atoms with Gasteiger partial charge in [-0.3, -0.25) is 9.69 Å². The van der Waals surface area contributed by atoms with Crippen LogP contribution in [0.1, 0.15) is 47.5 Å². The maximum atomic E-state index is 13.4. The van der Waals surface area contributed by atoms with Crippen molar-refractivity contribution in [3.05, 3.63) is 76.4 Å². The van der Waals surface area contributed by atoms with E-state index in [4.69, 9.17) is 14.3 Å². The topological polar surface area (TPSA) is 58.3 Å². The van der Waals surface area contributed by atoms with E-state index >= 15 is 0 Å². The molecule has 1 aromatic carbocycles. The lowest BCUT2D eigenvalue weighted by atomic mass is 10.0. The van der Waals surface area contributed by atoms with E-state index in [9.17, 15) is 4.79 Å². The number of benzene rings is 1. The van der Waals surface area contributed by atoms with Crippen molar-refractivity contribution in [1.82, 2.24) is 9.91 Å². The molecule has 4 heterocycles. The maximum Gasteiger partial charge on any atom is 0.257 e. The highest BCUT2D eigenvalue weighted by molar-refractivity contribution is 7.10. The van der Waals surface area contributed by atoms with E-state index in [0.29, 0.717) is 19.0 Å². The second-order valence-corrected chi connectivity index (χ2v) is 8.87. The number of methoxy groups -OCH3 is 1. The Kier molecular flexibility index (Phi) is 5.61. The molecule has 0 unspecified atom stereocenters. The van der Waals surface area contributed by atoms with E-state index in [1.54, 1.807) is 29.7 Å². The van der Waals surface area contributed by atoms with Crippen LogP contribution >= 0.6 is 11.3 Å². The van der Waals surface area contributed by atoms with E-state index in [0.717, 1.165) is 42.2 Å². The van der Waals surface area contributed by atoms with Crippen molar-refractivity contribution < 1.29 is 13.9 Å². The Morgan fingerprint density at radius 2 is 2.06 bits per heavy atom. The SMILES string of the molecule is COc1ccc(C2=NN(C(=O)CN3CCC[C@@H]3c3cccs3)[C@@H](c3ccco3)C2)cc1. The van der Waals surface area contributed by atoms with Crippen molar-refractivity contribution in [3.8, 4) is 5.75 Å². The van der Waals surface area contributed by atoms with Crippen LogP contribution in [0.2, 0.25) is 0 Å². The number of carbonyl (C=O) groups is 1. The Morgan fingerprint density at radius 1 is 1.19 bits per heavy atom. The van der Waals surface area contributed by atoms with E-state index in [-0.39, 0.29) is 11.9 Å². The van der Waals surface area contributed by atoms with Gasteiger partial charge in [0.25, 0.3) is 5.91 Å². The predicted molar refractivity (Wildman–Crippen MR) is 120 cm³/mol. The standard InChI is InChI=1S/C24H25N3O3S/c1-29-18-10-8-17(9-11-18)19-15-21(22-6-3-13-30-22)27(25-19)24(28)16-26-12-2-5-20(26)23-7-4-14-31-23/h3-4,6-11,13-14,20-21H,2,5,12,15-16H2,1H3/t20-,21-/m1/s1. The van der Waals surface area contributed by atoms with Crippen molar-refractivity contribution in [2.24, 2.45) is 5.10 Å². The first-order chi connectivity index (χ1) is 15.2. The summed E-state index contributed by atoms with van der Waals surface area (Å²) in [6.45, 7) is 1.29. The van der Waals surface area contributed by atoms with Crippen LogP contribution in [0.3, 0.4) is 0 Å². The second-order valence-electron chi connectivity index (χ2n) is 7.89. The van der Waals surface area contributed by atoms with Gasteiger partial charge in [0.05, 0.1) is 25.6 Å². The van der Waals surface area contributed by atoms with Crippen LogP contribution in [-0.4, -0.2) is 41.7 Å². The number of thiophene rings is 1. The fourth-order valence-corrected chi connectivity index (χ4v) is 5.36. The lowest BCUT2D eigenvalue weighted by Gasteiger charge is -2.26. The molecule has 3 aromatic rings. The first-order valence-electron chi connectivity index (χ1n) is 10.6. The second kappa shape index (κ2) is 8.69. The van der Waals surface area contributed by atoms with Crippen LogP contribution in [0.5, 0.6) is 5.75 Å². The Balaban J connectivity index is 1.38. The Hall–Kier alpha value is -2.90. The fourth-order valence-electron chi connectivity index (χ4n) is 4.47. The van der Waals surface area contributed by atoms with Crippen molar-refractivity contribution in [2.75, 3.05) is 20.2 Å². The Bertz CT molecular complexity index is 1040. The number of ether oxygens (including phenoxy) is 1. The van der Waals surface area contributed by atoms with Gasteiger partial charge in [0.2, 0.25) is 0 Å². The summed E-state index contributed by atoms with van der Waals surface area (Å²) < 4.78 is 10.9. The number of amides is 1. The molecule has 0 N–H and O–H groups in total. The summed E-state index contributed by atoms with van der Waals surface area (Å²) >= 11 is 1.76. The summed E-state index contributed by atoms with van der Waals surface area (Å²) in [4.78, 5) is 17.0. The molecular weight excluding hydrogens is 410 g/mol. The Labute approximate surface area is 185 Å². The van der Waals surface area contributed by atoms with E-state index < -0.39 is 0 Å². The molecule has 2 atom stereocenters. The van der Waals surface area contributed by atoms with Crippen LogP contribution in [0.4, 0.5) is 0 Å². The molecule has 5 rings (SSSR count). The third kappa shape index (κ3) is 4.03. The van der Waals surface area contributed by atoms with Crippen LogP contribution in [0.15, 0.2) is 69.7 Å². The van der Waals surface area contributed by atoms with E-state index in [1.165, 1.54) is 4.88 Å². The molecule has 0 radical (unpaired) electrons. The highest BCUT2D eigenvalue weighted by atomic mass is 32.1. The van der Waals surface area contributed by atoms with Gasteiger partial charge in [0.15, 0.2) is 0 Å². The van der Waals surface area contributed by atoms with Gasteiger partial charge in [-0.2, -0.15) is 5.10 Å². The molecule has 1 fully saturated rings. The number of likely N-dealkylation sites (tertiary alicyclic amines) is 1. The van der Waals surface area contributed by atoms with Crippen LogP contribution in [-0.2, 0) is 4.79 Å².